The topological polar surface area (TPSA) is 12.0 Å². The molecule has 0 saturated carbocycles. The highest BCUT2D eigenvalue weighted by Gasteiger charge is 2.06. The Labute approximate surface area is 116 Å². The molecule has 0 aliphatic heterocycles. The van der Waals surface area contributed by atoms with Crippen molar-refractivity contribution in [3.8, 4) is 0 Å². The number of unbranched alkanes of at least 4 members (excludes halogenated alkanes) is 7. The summed E-state index contributed by atoms with van der Waals surface area (Å²) in [6, 6.07) is 0.795. The van der Waals surface area contributed by atoms with Crippen LogP contribution in [0.4, 0.5) is 0 Å². The predicted octanol–water partition coefficient (Wildman–Crippen LogP) is 5.69. The van der Waals surface area contributed by atoms with E-state index in [-0.39, 0.29) is 0 Å². The summed E-state index contributed by atoms with van der Waals surface area (Å²) < 4.78 is 0. The van der Waals surface area contributed by atoms with Crippen LogP contribution in [0, 0.1) is 0 Å². The molecule has 0 spiro atoms. The van der Waals surface area contributed by atoms with Crippen LogP contribution in [0.5, 0.6) is 0 Å². The van der Waals surface area contributed by atoms with Gasteiger partial charge in [-0.2, -0.15) is 0 Å². The molecule has 18 heavy (non-hydrogen) atoms. The van der Waals surface area contributed by atoms with Gasteiger partial charge < -0.3 is 5.32 Å². The van der Waals surface area contributed by atoms with Crippen molar-refractivity contribution in [3.05, 3.63) is 0 Å². The lowest BCUT2D eigenvalue weighted by Gasteiger charge is -2.18. The van der Waals surface area contributed by atoms with Gasteiger partial charge in [0, 0.05) is 6.04 Å². The van der Waals surface area contributed by atoms with Crippen LogP contribution >= 0.6 is 0 Å². The SMILES string of the molecule is CCCCCCCC(CCCCCC)NCCC. The minimum atomic E-state index is 0.795. The first-order chi connectivity index (χ1) is 8.85. The van der Waals surface area contributed by atoms with Crippen LogP contribution in [0.1, 0.15) is 97.8 Å². The fourth-order valence-electron chi connectivity index (χ4n) is 2.51. The first kappa shape index (κ1) is 18.0. The molecule has 0 aliphatic carbocycles. The van der Waals surface area contributed by atoms with E-state index in [1.807, 2.05) is 0 Å². The van der Waals surface area contributed by atoms with E-state index in [1.165, 1.54) is 83.6 Å². The molecule has 1 heteroatoms. The maximum Gasteiger partial charge on any atom is 0.00670 e. The molecular weight excluding hydrogens is 218 g/mol. The average Bonchev–Trinajstić information content (AvgIpc) is 2.39. The molecule has 1 N–H and O–H groups in total. The van der Waals surface area contributed by atoms with Crippen LogP contribution in [0.25, 0.3) is 0 Å². The predicted molar refractivity (Wildman–Crippen MR) is 84.2 cm³/mol. The van der Waals surface area contributed by atoms with E-state index >= 15 is 0 Å². The van der Waals surface area contributed by atoms with Crippen molar-refractivity contribution in [2.24, 2.45) is 0 Å². The molecule has 0 radical (unpaired) electrons. The molecule has 0 aromatic heterocycles. The van der Waals surface area contributed by atoms with E-state index < -0.39 is 0 Å². The summed E-state index contributed by atoms with van der Waals surface area (Å²) in [5, 5.41) is 3.74. The van der Waals surface area contributed by atoms with Crippen molar-refractivity contribution >= 4 is 0 Å². The second kappa shape index (κ2) is 15.0. The summed E-state index contributed by atoms with van der Waals surface area (Å²) >= 11 is 0. The van der Waals surface area contributed by atoms with Crippen molar-refractivity contribution in [1.29, 1.82) is 0 Å². The van der Waals surface area contributed by atoms with E-state index in [0.717, 1.165) is 6.04 Å². The van der Waals surface area contributed by atoms with Crippen molar-refractivity contribution in [2.75, 3.05) is 6.54 Å². The van der Waals surface area contributed by atoms with E-state index in [4.69, 9.17) is 0 Å². The molecule has 0 rings (SSSR count). The summed E-state index contributed by atoms with van der Waals surface area (Å²) in [6.45, 7) is 8.05. The fourth-order valence-corrected chi connectivity index (χ4v) is 2.51. The van der Waals surface area contributed by atoms with Gasteiger partial charge in [0.2, 0.25) is 0 Å². The lowest BCUT2D eigenvalue weighted by Crippen LogP contribution is -2.29. The van der Waals surface area contributed by atoms with Crippen molar-refractivity contribution < 1.29 is 0 Å². The Bertz CT molecular complexity index is 145. The summed E-state index contributed by atoms with van der Waals surface area (Å²) in [4.78, 5) is 0. The van der Waals surface area contributed by atoms with Gasteiger partial charge in [-0.05, 0) is 25.8 Å². The van der Waals surface area contributed by atoms with Crippen LogP contribution in [-0.2, 0) is 0 Å². The molecule has 0 saturated heterocycles. The quantitative estimate of drug-likeness (QED) is 0.393. The molecule has 0 aliphatic rings. The van der Waals surface area contributed by atoms with Gasteiger partial charge in [0.25, 0.3) is 0 Å². The van der Waals surface area contributed by atoms with Gasteiger partial charge in [0.1, 0.15) is 0 Å². The van der Waals surface area contributed by atoms with Gasteiger partial charge in [-0.1, -0.05) is 78.6 Å². The first-order valence-electron chi connectivity index (χ1n) is 8.58. The van der Waals surface area contributed by atoms with Crippen LogP contribution < -0.4 is 5.32 Å². The summed E-state index contributed by atoms with van der Waals surface area (Å²) in [6.07, 6.45) is 16.7. The molecular formula is C17H37N. The molecule has 0 fully saturated rings. The Kier molecular flexibility index (Phi) is 15.0. The third-order valence-electron chi connectivity index (χ3n) is 3.75. The average molecular weight is 255 g/mol. The Balaban J connectivity index is 3.56. The van der Waals surface area contributed by atoms with E-state index in [0.29, 0.717) is 0 Å². The lowest BCUT2D eigenvalue weighted by atomic mass is 10.0. The molecule has 0 bridgehead atoms. The lowest BCUT2D eigenvalue weighted by molar-refractivity contribution is 0.414. The summed E-state index contributed by atoms with van der Waals surface area (Å²) in [7, 11) is 0. The monoisotopic (exact) mass is 255 g/mol. The largest absolute Gasteiger partial charge is 0.314 e. The smallest absolute Gasteiger partial charge is 0.00670 e. The number of hydrogen-bond donors (Lipinski definition) is 1. The molecule has 0 amide bonds. The van der Waals surface area contributed by atoms with Gasteiger partial charge in [0.15, 0.2) is 0 Å². The highest BCUT2D eigenvalue weighted by molar-refractivity contribution is 4.67. The van der Waals surface area contributed by atoms with Gasteiger partial charge in [-0.3, -0.25) is 0 Å². The zero-order valence-electron chi connectivity index (χ0n) is 13.3. The number of nitrogens with one attached hydrogen (secondary N) is 1. The van der Waals surface area contributed by atoms with E-state index in [1.54, 1.807) is 0 Å². The highest BCUT2D eigenvalue weighted by Crippen LogP contribution is 2.13. The minimum absolute atomic E-state index is 0.795. The van der Waals surface area contributed by atoms with Crippen molar-refractivity contribution in [2.45, 2.75) is 104 Å². The zero-order valence-corrected chi connectivity index (χ0v) is 13.3. The maximum atomic E-state index is 3.74. The Morgan fingerprint density at radius 2 is 1.11 bits per heavy atom. The Morgan fingerprint density at radius 3 is 1.61 bits per heavy atom. The van der Waals surface area contributed by atoms with E-state index in [9.17, 15) is 0 Å². The standard InChI is InChI=1S/C17H37N/c1-4-7-9-11-13-15-17(18-16-6-3)14-12-10-8-5-2/h17-18H,4-16H2,1-3H3. The van der Waals surface area contributed by atoms with Crippen molar-refractivity contribution in [3.63, 3.8) is 0 Å². The number of hydrogen-bond acceptors (Lipinski definition) is 1. The third-order valence-corrected chi connectivity index (χ3v) is 3.75. The normalized spacial score (nSPS) is 12.8. The summed E-state index contributed by atoms with van der Waals surface area (Å²) in [5.74, 6) is 0. The first-order valence-corrected chi connectivity index (χ1v) is 8.58. The van der Waals surface area contributed by atoms with Crippen LogP contribution in [-0.4, -0.2) is 12.6 Å². The van der Waals surface area contributed by atoms with Gasteiger partial charge in [-0.25, -0.2) is 0 Å². The van der Waals surface area contributed by atoms with Gasteiger partial charge in [0.05, 0.1) is 0 Å². The molecule has 0 aromatic carbocycles. The fraction of sp³-hybridized carbons (Fsp3) is 1.00. The zero-order chi connectivity index (χ0) is 13.5. The third kappa shape index (κ3) is 12.4. The van der Waals surface area contributed by atoms with Crippen LogP contribution in [0.15, 0.2) is 0 Å². The van der Waals surface area contributed by atoms with Crippen LogP contribution in [0.2, 0.25) is 0 Å². The molecule has 1 unspecified atom stereocenters. The Hall–Kier alpha value is -0.0400. The highest BCUT2D eigenvalue weighted by atomic mass is 14.9. The van der Waals surface area contributed by atoms with Gasteiger partial charge in [-0.15, -0.1) is 0 Å². The second-order valence-electron chi connectivity index (χ2n) is 5.70. The van der Waals surface area contributed by atoms with Gasteiger partial charge >= 0.3 is 0 Å². The molecule has 1 nitrogen and oxygen atoms in total. The number of rotatable bonds is 14. The molecule has 110 valence electrons. The summed E-state index contributed by atoms with van der Waals surface area (Å²) in [5.41, 5.74) is 0. The molecule has 0 aromatic rings. The Morgan fingerprint density at radius 1 is 0.611 bits per heavy atom. The van der Waals surface area contributed by atoms with Crippen LogP contribution in [0.3, 0.4) is 0 Å². The van der Waals surface area contributed by atoms with Crippen molar-refractivity contribution in [1.82, 2.24) is 5.32 Å². The minimum Gasteiger partial charge on any atom is -0.314 e. The molecule has 1 atom stereocenters. The van der Waals surface area contributed by atoms with E-state index in [2.05, 4.69) is 26.1 Å². The second-order valence-corrected chi connectivity index (χ2v) is 5.70. The maximum absolute atomic E-state index is 3.74. The molecule has 0 heterocycles.